The van der Waals surface area contributed by atoms with Crippen LogP contribution >= 0.6 is 0 Å². The smallest absolute Gasteiger partial charge is 0.208 e. The summed E-state index contributed by atoms with van der Waals surface area (Å²) in [5, 5.41) is 0. The van der Waals surface area contributed by atoms with Crippen LogP contribution in [0.4, 0.5) is 5.69 Å². The third-order valence-corrected chi connectivity index (χ3v) is 4.36. The van der Waals surface area contributed by atoms with E-state index in [2.05, 4.69) is 4.98 Å². The van der Waals surface area contributed by atoms with Crippen LogP contribution in [0.3, 0.4) is 0 Å². The van der Waals surface area contributed by atoms with Crippen molar-refractivity contribution in [2.24, 2.45) is 0 Å². The average Bonchev–Trinajstić information content (AvgIpc) is 2.88. The van der Waals surface area contributed by atoms with E-state index < -0.39 is 10.8 Å². The van der Waals surface area contributed by atoms with Crippen LogP contribution in [0.25, 0.3) is 11.1 Å². The normalized spacial score (nSPS) is 12.4. The van der Waals surface area contributed by atoms with Gasteiger partial charge in [-0.25, -0.2) is 4.98 Å². The van der Waals surface area contributed by atoms with Crippen molar-refractivity contribution in [3.05, 3.63) is 48.4 Å². The number of hydrogen-bond donors (Lipinski definition) is 1. The summed E-state index contributed by atoms with van der Waals surface area (Å²) >= 11 is 0. The Balaban J connectivity index is 1.89. The molecule has 0 saturated heterocycles. The van der Waals surface area contributed by atoms with Crippen LogP contribution in [0.2, 0.25) is 0 Å². The maximum atomic E-state index is 12.4. The molecule has 1 unspecified atom stereocenters. The third-order valence-electron chi connectivity index (χ3n) is 3.02. The second-order valence-electron chi connectivity index (χ2n) is 4.48. The van der Waals surface area contributed by atoms with Gasteiger partial charge < -0.3 is 14.9 Å². The van der Waals surface area contributed by atoms with E-state index in [9.17, 15) is 4.21 Å². The number of nitrogens with two attached hydrogens (primary N) is 1. The van der Waals surface area contributed by atoms with Gasteiger partial charge >= 0.3 is 0 Å². The largest absolute Gasteiger partial charge is 0.495 e. The molecule has 2 N–H and O–H groups in total. The van der Waals surface area contributed by atoms with Crippen molar-refractivity contribution in [2.75, 3.05) is 12.8 Å². The lowest BCUT2D eigenvalue weighted by molar-refractivity contribution is 0.404. The fourth-order valence-electron chi connectivity index (χ4n) is 2.05. The number of oxazole rings is 1. The number of nitrogen functional groups attached to an aromatic ring is 1. The van der Waals surface area contributed by atoms with Crippen molar-refractivity contribution in [1.29, 1.82) is 0 Å². The Morgan fingerprint density at radius 2 is 2.10 bits per heavy atom. The summed E-state index contributed by atoms with van der Waals surface area (Å²) in [7, 11) is 0.263. The first-order chi connectivity index (χ1) is 10.2. The molecule has 0 amide bonds. The Bertz CT molecular complexity index is 814. The molecule has 0 aliphatic rings. The predicted molar refractivity (Wildman–Crippen MR) is 81.5 cm³/mol. The summed E-state index contributed by atoms with van der Waals surface area (Å²) in [6, 6.07) is 12.4. The highest BCUT2D eigenvalue weighted by atomic mass is 32.2. The van der Waals surface area contributed by atoms with Gasteiger partial charge in [0.05, 0.1) is 22.8 Å². The fraction of sp³-hybridized carbons (Fsp3) is 0.133. The molecule has 0 spiro atoms. The summed E-state index contributed by atoms with van der Waals surface area (Å²) in [5.41, 5.74) is 7.63. The van der Waals surface area contributed by atoms with E-state index in [4.69, 9.17) is 14.9 Å². The van der Waals surface area contributed by atoms with Gasteiger partial charge in [-0.2, -0.15) is 0 Å². The van der Waals surface area contributed by atoms with Gasteiger partial charge in [-0.15, -0.1) is 0 Å². The van der Waals surface area contributed by atoms with Crippen LogP contribution in [0.1, 0.15) is 5.89 Å². The zero-order chi connectivity index (χ0) is 14.8. The zero-order valence-corrected chi connectivity index (χ0v) is 12.2. The first-order valence-electron chi connectivity index (χ1n) is 6.33. The SMILES string of the molecule is COc1ccccc1S(=O)Cc1nc2cc(N)ccc2o1. The maximum absolute atomic E-state index is 12.4. The molecule has 108 valence electrons. The number of aromatic nitrogens is 1. The van der Waals surface area contributed by atoms with Crippen molar-refractivity contribution < 1.29 is 13.4 Å². The molecule has 0 aliphatic carbocycles. The highest BCUT2D eigenvalue weighted by molar-refractivity contribution is 7.84. The van der Waals surface area contributed by atoms with Crippen molar-refractivity contribution >= 4 is 27.6 Å². The minimum absolute atomic E-state index is 0.189. The lowest BCUT2D eigenvalue weighted by atomic mass is 10.3. The maximum Gasteiger partial charge on any atom is 0.208 e. The van der Waals surface area contributed by atoms with Gasteiger partial charge in [0.15, 0.2) is 5.58 Å². The van der Waals surface area contributed by atoms with Crippen molar-refractivity contribution in [1.82, 2.24) is 4.98 Å². The van der Waals surface area contributed by atoms with E-state index in [0.717, 1.165) is 0 Å². The average molecular weight is 302 g/mol. The van der Waals surface area contributed by atoms with Gasteiger partial charge in [-0.3, -0.25) is 4.21 Å². The van der Waals surface area contributed by atoms with Gasteiger partial charge in [0.25, 0.3) is 0 Å². The minimum Gasteiger partial charge on any atom is -0.495 e. The summed E-state index contributed by atoms with van der Waals surface area (Å²) < 4.78 is 23.3. The number of benzene rings is 2. The van der Waals surface area contributed by atoms with E-state index in [1.165, 1.54) is 0 Å². The van der Waals surface area contributed by atoms with Crippen LogP contribution in [0.5, 0.6) is 5.75 Å². The molecule has 1 aromatic heterocycles. The quantitative estimate of drug-likeness (QED) is 0.750. The molecule has 0 aliphatic heterocycles. The lowest BCUT2D eigenvalue weighted by Gasteiger charge is -2.06. The summed E-state index contributed by atoms with van der Waals surface area (Å²) in [6.45, 7) is 0. The second kappa shape index (κ2) is 5.57. The molecule has 21 heavy (non-hydrogen) atoms. The molecule has 2 aromatic carbocycles. The summed E-state index contributed by atoms with van der Waals surface area (Å²) in [5.74, 6) is 1.20. The Hall–Kier alpha value is -2.34. The number of anilines is 1. The van der Waals surface area contributed by atoms with E-state index in [1.807, 2.05) is 12.1 Å². The Morgan fingerprint density at radius 3 is 2.90 bits per heavy atom. The lowest BCUT2D eigenvalue weighted by Crippen LogP contribution is -1.99. The summed E-state index contributed by atoms with van der Waals surface area (Å²) in [4.78, 5) is 4.94. The van der Waals surface area contributed by atoms with Crippen molar-refractivity contribution in [3.8, 4) is 5.75 Å². The Morgan fingerprint density at radius 1 is 1.29 bits per heavy atom. The van der Waals surface area contributed by atoms with Crippen molar-refractivity contribution in [3.63, 3.8) is 0 Å². The molecule has 0 fully saturated rings. The fourth-order valence-corrected chi connectivity index (χ4v) is 3.16. The first-order valence-corrected chi connectivity index (χ1v) is 7.65. The standard InChI is InChI=1S/C15H14N2O3S/c1-19-13-4-2-3-5-14(13)21(18)9-15-17-11-8-10(16)6-7-12(11)20-15/h2-8H,9,16H2,1H3. The van der Waals surface area contributed by atoms with Crippen molar-refractivity contribution in [2.45, 2.75) is 10.6 Å². The number of hydrogen-bond acceptors (Lipinski definition) is 5. The van der Waals surface area contributed by atoms with E-state index in [1.54, 1.807) is 37.4 Å². The highest BCUT2D eigenvalue weighted by Gasteiger charge is 2.14. The predicted octanol–water partition coefficient (Wildman–Crippen LogP) is 2.73. The van der Waals surface area contributed by atoms with Gasteiger partial charge in [-0.1, -0.05) is 12.1 Å². The molecular weight excluding hydrogens is 288 g/mol. The molecule has 5 nitrogen and oxygen atoms in total. The Labute approximate surface area is 124 Å². The number of ether oxygens (including phenoxy) is 1. The van der Waals surface area contributed by atoms with E-state index in [0.29, 0.717) is 33.3 Å². The van der Waals surface area contributed by atoms with E-state index in [-0.39, 0.29) is 5.75 Å². The number of rotatable bonds is 4. The molecule has 0 saturated carbocycles. The summed E-state index contributed by atoms with van der Waals surface area (Å²) in [6.07, 6.45) is 0. The van der Waals surface area contributed by atoms with E-state index >= 15 is 0 Å². The second-order valence-corrected chi connectivity index (χ2v) is 5.90. The molecule has 0 bridgehead atoms. The molecular formula is C15H14N2O3S. The minimum atomic E-state index is -1.29. The van der Waals surface area contributed by atoms with Crippen LogP contribution in [0, 0.1) is 0 Å². The number of fused-ring (bicyclic) bond motifs is 1. The van der Waals surface area contributed by atoms with Gasteiger partial charge in [0.1, 0.15) is 17.0 Å². The monoisotopic (exact) mass is 302 g/mol. The van der Waals surface area contributed by atoms with Gasteiger partial charge in [-0.05, 0) is 30.3 Å². The third kappa shape index (κ3) is 2.75. The van der Waals surface area contributed by atoms with Crippen LogP contribution < -0.4 is 10.5 Å². The Kier molecular flexibility index (Phi) is 3.62. The van der Waals surface area contributed by atoms with Gasteiger partial charge in [0, 0.05) is 5.69 Å². The van der Waals surface area contributed by atoms with Gasteiger partial charge in [0.2, 0.25) is 5.89 Å². The molecule has 1 heterocycles. The van der Waals surface area contributed by atoms with Crippen LogP contribution in [-0.4, -0.2) is 16.3 Å². The number of para-hydroxylation sites is 1. The molecule has 0 radical (unpaired) electrons. The number of nitrogens with zero attached hydrogens (tertiary/aromatic N) is 1. The first kappa shape index (κ1) is 13.6. The van der Waals surface area contributed by atoms with Crippen LogP contribution in [-0.2, 0) is 16.6 Å². The molecule has 3 rings (SSSR count). The zero-order valence-electron chi connectivity index (χ0n) is 11.4. The van der Waals surface area contributed by atoms with Crippen LogP contribution in [0.15, 0.2) is 51.8 Å². The topological polar surface area (TPSA) is 78.3 Å². The molecule has 6 heteroatoms. The molecule has 1 atom stereocenters. The molecule has 3 aromatic rings. The number of methoxy groups -OCH3 is 1. The highest BCUT2D eigenvalue weighted by Crippen LogP contribution is 2.25.